The molecule has 3 heteroatoms. The van der Waals surface area contributed by atoms with E-state index in [0.717, 1.165) is 17.4 Å². The van der Waals surface area contributed by atoms with E-state index in [2.05, 4.69) is 36.3 Å². The molecular weight excluding hydrogens is 224 g/mol. The van der Waals surface area contributed by atoms with Crippen molar-refractivity contribution < 1.29 is 4.74 Å². The van der Waals surface area contributed by atoms with Crippen molar-refractivity contribution in [3.63, 3.8) is 0 Å². The summed E-state index contributed by atoms with van der Waals surface area (Å²) in [6, 6.07) is 8.67. The summed E-state index contributed by atoms with van der Waals surface area (Å²) in [5.74, 6) is 1.64. The van der Waals surface area contributed by atoms with E-state index in [9.17, 15) is 0 Å². The van der Waals surface area contributed by atoms with E-state index in [0.29, 0.717) is 6.04 Å². The number of hydrogen-bond acceptors (Lipinski definition) is 3. The van der Waals surface area contributed by atoms with Gasteiger partial charge in [-0.25, -0.2) is 0 Å². The summed E-state index contributed by atoms with van der Waals surface area (Å²) >= 11 is 0. The Hall–Kier alpha value is -1.22. The van der Waals surface area contributed by atoms with Gasteiger partial charge in [-0.15, -0.1) is 0 Å². The molecule has 1 aliphatic rings. The van der Waals surface area contributed by atoms with Crippen molar-refractivity contribution in [1.82, 2.24) is 4.90 Å². The van der Waals surface area contributed by atoms with Crippen LogP contribution >= 0.6 is 0 Å². The van der Waals surface area contributed by atoms with Crippen molar-refractivity contribution >= 4 is 5.69 Å². The molecule has 0 radical (unpaired) electrons. The van der Waals surface area contributed by atoms with Crippen LogP contribution in [-0.4, -0.2) is 38.2 Å². The second-order valence-corrected chi connectivity index (χ2v) is 5.33. The van der Waals surface area contributed by atoms with E-state index in [-0.39, 0.29) is 0 Å². The monoisotopic (exact) mass is 248 g/mol. The summed E-state index contributed by atoms with van der Waals surface area (Å²) in [5.41, 5.74) is 1.15. The molecular formula is C15H24N2O. The maximum absolute atomic E-state index is 5.25. The van der Waals surface area contributed by atoms with Crippen molar-refractivity contribution in [2.24, 2.45) is 5.92 Å². The minimum absolute atomic E-state index is 0.500. The van der Waals surface area contributed by atoms with Gasteiger partial charge in [-0.1, -0.05) is 6.07 Å². The van der Waals surface area contributed by atoms with Gasteiger partial charge in [-0.3, -0.25) is 0 Å². The van der Waals surface area contributed by atoms with Gasteiger partial charge in [-0.05, 0) is 51.4 Å². The molecule has 18 heavy (non-hydrogen) atoms. The number of ether oxygens (including phenoxy) is 1. The molecule has 1 fully saturated rings. The highest BCUT2D eigenvalue weighted by Crippen LogP contribution is 2.23. The zero-order valence-corrected chi connectivity index (χ0v) is 11.6. The highest BCUT2D eigenvalue weighted by Gasteiger charge is 2.22. The van der Waals surface area contributed by atoms with Crippen LogP contribution in [0.4, 0.5) is 5.69 Å². The third kappa shape index (κ3) is 3.39. The van der Waals surface area contributed by atoms with Crippen molar-refractivity contribution in [3.8, 4) is 5.75 Å². The Morgan fingerprint density at radius 2 is 2.28 bits per heavy atom. The Morgan fingerprint density at radius 1 is 1.44 bits per heavy atom. The van der Waals surface area contributed by atoms with Crippen molar-refractivity contribution in [2.45, 2.75) is 25.8 Å². The lowest BCUT2D eigenvalue weighted by atomic mass is 9.92. The van der Waals surface area contributed by atoms with E-state index in [1.807, 2.05) is 12.1 Å². The zero-order valence-electron chi connectivity index (χ0n) is 11.6. The first-order chi connectivity index (χ1) is 8.69. The average molecular weight is 248 g/mol. The van der Waals surface area contributed by atoms with E-state index >= 15 is 0 Å². The summed E-state index contributed by atoms with van der Waals surface area (Å²) in [5, 5.41) is 3.60. The Kier molecular flexibility index (Phi) is 4.48. The Morgan fingerprint density at radius 3 is 3.00 bits per heavy atom. The van der Waals surface area contributed by atoms with Crippen LogP contribution < -0.4 is 10.1 Å². The Bertz CT molecular complexity index is 381. The van der Waals surface area contributed by atoms with Gasteiger partial charge in [-0.2, -0.15) is 0 Å². The Balaban J connectivity index is 1.95. The predicted molar refractivity (Wildman–Crippen MR) is 76.3 cm³/mol. The van der Waals surface area contributed by atoms with Crippen LogP contribution in [0.5, 0.6) is 5.75 Å². The molecule has 0 spiro atoms. The van der Waals surface area contributed by atoms with Gasteiger partial charge in [0, 0.05) is 24.3 Å². The first kappa shape index (κ1) is 13.2. The molecule has 2 rings (SSSR count). The molecule has 0 aromatic heterocycles. The molecule has 0 amide bonds. The van der Waals surface area contributed by atoms with Crippen LogP contribution in [0.25, 0.3) is 0 Å². The van der Waals surface area contributed by atoms with Crippen LogP contribution in [0.15, 0.2) is 24.3 Å². The number of nitrogens with one attached hydrogen (secondary N) is 1. The normalized spacial score (nSPS) is 22.5. The fraction of sp³-hybridized carbons (Fsp3) is 0.600. The minimum atomic E-state index is 0.500. The number of nitrogens with zero attached hydrogens (tertiary/aromatic N) is 1. The molecule has 2 atom stereocenters. The standard InChI is InChI=1S/C15H24N2O/c1-12(13-6-5-9-17(2)11-13)16-14-7-4-8-15(10-14)18-3/h4,7-8,10,12-13,16H,5-6,9,11H2,1-3H3. The van der Waals surface area contributed by atoms with Gasteiger partial charge < -0.3 is 15.0 Å². The topological polar surface area (TPSA) is 24.5 Å². The molecule has 1 saturated heterocycles. The molecule has 0 aliphatic carbocycles. The number of benzene rings is 1. The molecule has 0 bridgehead atoms. The van der Waals surface area contributed by atoms with Crippen LogP contribution in [0, 0.1) is 5.92 Å². The SMILES string of the molecule is COc1cccc(NC(C)C2CCCN(C)C2)c1. The van der Waals surface area contributed by atoms with Crippen LogP contribution in [0.3, 0.4) is 0 Å². The third-order valence-corrected chi connectivity index (χ3v) is 3.83. The molecule has 1 N–H and O–H groups in total. The molecule has 3 nitrogen and oxygen atoms in total. The fourth-order valence-electron chi connectivity index (χ4n) is 2.71. The number of hydrogen-bond donors (Lipinski definition) is 1. The molecule has 1 heterocycles. The maximum Gasteiger partial charge on any atom is 0.120 e. The van der Waals surface area contributed by atoms with Gasteiger partial charge in [0.05, 0.1) is 7.11 Å². The second kappa shape index (κ2) is 6.10. The number of anilines is 1. The predicted octanol–water partition coefficient (Wildman–Crippen LogP) is 2.84. The largest absolute Gasteiger partial charge is 0.497 e. The van der Waals surface area contributed by atoms with Crippen LogP contribution in [0.1, 0.15) is 19.8 Å². The summed E-state index contributed by atoms with van der Waals surface area (Å²) in [7, 11) is 3.92. The molecule has 100 valence electrons. The highest BCUT2D eigenvalue weighted by molar-refractivity contribution is 5.48. The lowest BCUT2D eigenvalue weighted by molar-refractivity contribution is 0.197. The van der Waals surface area contributed by atoms with E-state index < -0.39 is 0 Å². The number of piperidine rings is 1. The van der Waals surface area contributed by atoms with Crippen molar-refractivity contribution in [3.05, 3.63) is 24.3 Å². The molecule has 2 unspecified atom stereocenters. The van der Waals surface area contributed by atoms with E-state index in [1.165, 1.54) is 25.9 Å². The summed E-state index contributed by atoms with van der Waals surface area (Å²) in [4.78, 5) is 2.43. The Labute approximate surface area is 110 Å². The number of methoxy groups -OCH3 is 1. The molecule has 1 aliphatic heterocycles. The van der Waals surface area contributed by atoms with Gasteiger partial charge in [0.15, 0.2) is 0 Å². The minimum Gasteiger partial charge on any atom is -0.497 e. The molecule has 1 aromatic carbocycles. The first-order valence-electron chi connectivity index (χ1n) is 6.78. The lowest BCUT2D eigenvalue weighted by Crippen LogP contribution is -2.39. The van der Waals surface area contributed by atoms with Crippen molar-refractivity contribution in [1.29, 1.82) is 0 Å². The highest BCUT2D eigenvalue weighted by atomic mass is 16.5. The molecule has 0 saturated carbocycles. The van der Waals surface area contributed by atoms with Gasteiger partial charge in [0.25, 0.3) is 0 Å². The van der Waals surface area contributed by atoms with Gasteiger partial charge in [0.1, 0.15) is 5.75 Å². The average Bonchev–Trinajstić information content (AvgIpc) is 2.39. The fourth-order valence-corrected chi connectivity index (χ4v) is 2.71. The summed E-state index contributed by atoms with van der Waals surface area (Å²) in [6.07, 6.45) is 2.63. The van der Waals surface area contributed by atoms with Gasteiger partial charge in [0.2, 0.25) is 0 Å². The first-order valence-corrected chi connectivity index (χ1v) is 6.78. The summed E-state index contributed by atoms with van der Waals surface area (Å²) < 4.78 is 5.25. The summed E-state index contributed by atoms with van der Waals surface area (Å²) in [6.45, 7) is 4.71. The van der Waals surface area contributed by atoms with Crippen LogP contribution in [0.2, 0.25) is 0 Å². The zero-order chi connectivity index (χ0) is 13.0. The number of likely N-dealkylation sites (tertiary alicyclic amines) is 1. The third-order valence-electron chi connectivity index (χ3n) is 3.83. The van der Waals surface area contributed by atoms with E-state index in [1.54, 1.807) is 7.11 Å². The quantitative estimate of drug-likeness (QED) is 0.886. The maximum atomic E-state index is 5.25. The molecule has 1 aromatic rings. The lowest BCUT2D eigenvalue weighted by Gasteiger charge is -2.34. The van der Waals surface area contributed by atoms with Crippen molar-refractivity contribution in [2.75, 3.05) is 32.6 Å². The van der Waals surface area contributed by atoms with E-state index in [4.69, 9.17) is 4.74 Å². The smallest absolute Gasteiger partial charge is 0.120 e. The van der Waals surface area contributed by atoms with Gasteiger partial charge >= 0.3 is 0 Å². The van der Waals surface area contributed by atoms with Crippen LogP contribution in [-0.2, 0) is 0 Å². The second-order valence-electron chi connectivity index (χ2n) is 5.33. The number of rotatable bonds is 4.